The summed E-state index contributed by atoms with van der Waals surface area (Å²) in [4.78, 5) is 12.7. The zero-order valence-corrected chi connectivity index (χ0v) is 18.0. The van der Waals surface area contributed by atoms with Crippen molar-refractivity contribution in [1.29, 1.82) is 0 Å². The second kappa shape index (κ2) is 10.3. The molecule has 29 heavy (non-hydrogen) atoms. The highest BCUT2D eigenvalue weighted by atomic mass is 32.2. The first-order chi connectivity index (χ1) is 14.1. The highest BCUT2D eigenvalue weighted by molar-refractivity contribution is 7.99. The zero-order valence-electron chi connectivity index (χ0n) is 17.2. The second-order valence-corrected chi connectivity index (χ2v) is 8.31. The number of rotatable bonds is 9. The Morgan fingerprint density at radius 3 is 2.31 bits per heavy atom. The van der Waals surface area contributed by atoms with Crippen molar-refractivity contribution >= 4 is 17.7 Å². The molecule has 0 unspecified atom stereocenters. The normalized spacial score (nSPS) is 12.1. The largest absolute Gasteiger partial charge is 0.349 e. The van der Waals surface area contributed by atoms with E-state index >= 15 is 0 Å². The van der Waals surface area contributed by atoms with Gasteiger partial charge >= 0.3 is 0 Å². The van der Waals surface area contributed by atoms with Gasteiger partial charge in [0.2, 0.25) is 5.91 Å². The van der Waals surface area contributed by atoms with Gasteiger partial charge in [-0.1, -0.05) is 86.3 Å². The summed E-state index contributed by atoms with van der Waals surface area (Å²) in [6, 6.07) is 20.2. The molecule has 0 radical (unpaired) electrons. The van der Waals surface area contributed by atoms with Gasteiger partial charge < -0.3 is 9.88 Å². The molecule has 3 rings (SSSR count). The van der Waals surface area contributed by atoms with Crippen molar-refractivity contribution in [3.8, 4) is 11.4 Å². The summed E-state index contributed by atoms with van der Waals surface area (Å²) in [6.07, 6.45) is 0.906. The molecular weight excluding hydrogens is 380 g/mol. The van der Waals surface area contributed by atoms with Crippen LogP contribution in [0.15, 0.2) is 65.8 Å². The Bertz CT molecular complexity index is 909. The van der Waals surface area contributed by atoms with Crippen LogP contribution in [0, 0.1) is 5.92 Å². The molecular formula is C23H28N4OS. The van der Waals surface area contributed by atoms with Crippen molar-refractivity contribution in [3.05, 3.63) is 66.2 Å². The molecule has 3 aromatic rings. The summed E-state index contributed by atoms with van der Waals surface area (Å²) >= 11 is 1.43. The molecule has 0 aliphatic rings. The van der Waals surface area contributed by atoms with Gasteiger partial charge in [0.05, 0.1) is 11.8 Å². The molecule has 0 bridgehead atoms. The van der Waals surface area contributed by atoms with Gasteiger partial charge in [-0.05, 0) is 24.8 Å². The maximum Gasteiger partial charge on any atom is 0.230 e. The first-order valence-corrected chi connectivity index (χ1v) is 11.0. The van der Waals surface area contributed by atoms with Gasteiger partial charge in [0.25, 0.3) is 0 Å². The molecule has 1 amide bonds. The lowest BCUT2D eigenvalue weighted by molar-refractivity contribution is -0.119. The van der Waals surface area contributed by atoms with Crippen molar-refractivity contribution in [1.82, 2.24) is 20.1 Å². The van der Waals surface area contributed by atoms with Gasteiger partial charge in [-0.15, -0.1) is 10.2 Å². The van der Waals surface area contributed by atoms with Crippen molar-refractivity contribution in [2.45, 2.75) is 44.9 Å². The summed E-state index contributed by atoms with van der Waals surface area (Å²) in [5.41, 5.74) is 2.17. The molecule has 1 atom stereocenters. The van der Waals surface area contributed by atoms with Gasteiger partial charge in [0, 0.05) is 12.1 Å². The van der Waals surface area contributed by atoms with E-state index in [4.69, 9.17) is 0 Å². The number of nitrogens with zero attached hydrogens (tertiary/aromatic N) is 3. The monoisotopic (exact) mass is 408 g/mol. The molecule has 0 aliphatic carbocycles. The average molecular weight is 409 g/mol. The van der Waals surface area contributed by atoms with Crippen LogP contribution in [0.5, 0.6) is 0 Å². The predicted octanol–water partition coefficient (Wildman–Crippen LogP) is 4.96. The van der Waals surface area contributed by atoms with Crippen LogP contribution in [0.2, 0.25) is 0 Å². The quantitative estimate of drug-likeness (QED) is 0.508. The molecule has 0 saturated heterocycles. The minimum absolute atomic E-state index is 0.0106. The third-order valence-corrected chi connectivity index (χ3v) is 5.61. The molecule has 1 aromatic heterocycles. The van der Waals surface area contributed by atoms with Crippen LogP contribution in [-0.4, -0.2) is 26.4 Å². The van der Waals surface area contributed by atoms with Gasteiger partial charge in [0.1, 0.15) is 0 Å². The van der Waals surface area contributed by atoms with Crippen molar-refractivity contribution in [3.63, 3.8) is 0 Å². The highest BCUT2D eigenvalue weighted by Crippen LogP contribution is 2.25. The van der Waals surface area contributed by atoms with E-state index in [0.29, 0.717) is 11.7 Å². The molecule has 1 N–H and O–H groups in total. The maximum atomic E-state index is 12.7. The lowest BCUT2D eigenvalue weighted by Gasteiger charge is -2.21. The number of carbonyl (C=O) groups is 1. The molecule has 5 nitrogen and oxygen atoms in total. The smallest absolute Gasteiger partial charge is 0.230 e. The van der Waals surface area contributed by atoms with Gasteiger partial charge in [-0.3, -0.25) is 4.79 Å². The standard InChI is InChI=1S/C23H28N4OS/c1-4-27-22(19-13-9-6-10-14-19)25-26-23(27)29-16-21(28)24-20(15-17(2)3)18-11-7-5-8-12-18/h5-14,17,20H,4,15-16H2,1-3H3,(H,24,28)/t20-/m0/s1. The highest BCUT2D eigenvalue weighted by Gasteiger charge is 2.18. The Hall–Kier alpha value is -2.60. The third kappa shape index (κ3) is 5.70. The number of hydrogen-bond acceptors (Lipinski definition) is 4. The molecule has 2 aromatic carbocycles. The Morgan fingerprint density at radius 2 is 1.69 bits per heavy atom. The maximum absolute atomic E-state index is 12.7. The fourth-order valence-corrected chi connectivity index (χ4v) is 4.10. The van der Waals surface area contributed by atoms with E-state index in [9.17, 15) is 4.79 Å². The first kappa shape index (κ1) is 21.1. The van der Waals surface area contributed by atoms with E-state index in [0.717, 1.165) is 35.1 Å². The van der Waals surface area contributed by atoms with Crippen LogP contribution in [0.4, 0.5) is 0 Å². The number of nitrogens with one attached hydrogen (secondary N) is 1. The van der Waals surface area contributed by atoms with Crippen LogP contribution in [-0.2, 0) is 11.3 Å². The molecule has 0 spiro atoms. The number of aromatic nitrogens is 3. The Kier molecular flexibility index (Phi) is 7.47. The van der Waals surface area contributed by atoms with Crippen LogP contribution >= 0.6 is 11.8 Å². The van der Waals surface area contributed by atoms with Crippen LogP contribution in [0.1, 0.15) is 38.8 Å². The molecule has 152 valence electrons. The second-order valence-electron chi connectivity index (χ2n) is 7.37. The van der Waals surface area contributed by atoms with Crippen LogP contribution in [0.3, 0.4) is 0 Å². The fourth-order valence-electron chi connectivity index (χ4n) is 3.28. The average Bonchev–Trinajstić information content (AvgIpc) is 3.15. The molecule has 6 heteroatoms. The van der Waals surface area contributed by atoms with E-state index in [1.165, 1.54) is 11.8 Å². The lowest BCUT2D eigenvalue weighted by Crippen LogP contribution is -2.31. The Morgan fingerprint density at radius 1 is 1.03 bits per heavy atom. The summed E-state index contributed by atoms with van der Waals surface area (Å²) < 4.78 is 2.05. The Labute approximate surface area is 176 Å². The van der Waals surface area contributed by atoms with Crippen molar-refractivity contribution in [2.75, 3.05) is 5.75 Å². The van der Waals surface area contributed by atoms with Crippen molar-refractivity contribution < 1.29 is 4.79 Å². The van der Waals surface area contributed by atoms with Gasteiger partial charge in [-0.2, -0.15) is 0 Å². The topological polar surface area (TPSA) is 59.8 Å². The number of carbonyl (C=O) groups excluding carboxylic acids is 1. The molecule has 0 fully saturated rings. The number of hydrogen-bond donors (Lipinski definition) is 1. The molecule has 1 heterocycles. The number of thioether (sulfide) groups is 1. The van der Waals surface area contributed by atoms with Gasteiger partial charge in [0.15, 0.2) is 11.0 Å². The first-order valence-electron chi connectivity index (χ1n) is 10.0. The van der Waals surface area contributed by atoms with E-state index in [-0.39, 0.29) is 11.9 Å². The minimum Gasteiger partial charge on any atom is -0.349 e. The van der Waals surface area contributed by atoms with Crippen molar-refractivity contribution in [2.24, 2.45) is 5.92 Å². The zero-order chi connectivity index (χ0) is 20.6. The van der Waals surface area contributed by atoms with E-state index in [1.807, 2.05) is 48.5 Å². The van der Waals surface area contributed by atoms with Crippen LogP contribution < -0.4 is 5.32 Å². The SMILES string of the molecule is CCn1c(SCC(=O)N[C@@H](CC(C)C)c2ccccc2)nnc1-c1ccccc1. The summed E-state index contributed by atoms with van der Waals surface area (Å²) in [6.45, 7) is 7.16. The van der Waals surface area contributed by atoms with Crippen LogP contribution in [0.25, 0.3) is 11.4 Å². The van der Waals surface area contributed by atoms with Gasteiger partial charge in [-0.25, -0.2) is 0 Å². The third-order valence-electron chi connectivity index (χ3n) is 4.64. The minimum atomic E-state index is 0.0106. The number of amides is 1. The summed E-state index contributed by atoms with van der Waals surface area (Å²) in [5, 5.41) is 12.6. The predicted molar refractivity (Wildman–Crippen MR) is 119 cm³/mol. The van der Waals surface area contributed by atoms with E-state index < -0.39 is 0 Å². The fraction of sp³-hybridized carbons (Fsp3) is 0.348. The Balaban J connectivity index is 1.66. The van der Waals surface area contributed by atoms with E-state index in [2.05, 4.69) is 53.0 Å². The summed E-state index contributed by atoms with van der Waals surface area (Å²) in [7, 11) is 0. The van der Waals surface area contributed by atoms with E-state index in [1.54, 1.807) is 0 Å². The molecule has 0 saturated carbocycles. The lowest BCUT2D eigenvalue weighted by atomic mass is 9.97. The number of benzene rings is 2. The summed E-state index contributed by atoms with van der Waals surface area (Å²) in [5.74, 6) is 1.65. The molecule has 0 aliphatic heterocycles.